The third-order valence-electron chi connectivity index (χ3n) is 5.88. The van der Waals surface area contributed by atoms with E-state index in [9.17, 15) is 22.8 Å². The molecule has 0 fully saturated rings. The number of ether oxygens (including phenoxy) is 1. The molecule has 2 heterocycles. The third kappa shape index (κ3) is 4.26. The monoisotopic (exact) mass is 495 g/mol. The van der Waals surface area contributed by atoms with Crippen LogP contribution in [0.3, 0.4) is 0 Å². The molecule has 1 aliphatic rings. The third-order valence-corrected chi connectivity index (χ3v) is 5.88. The molecule has 0 unspecified atom stereocenters. The minimum atomic E-state index is -4.60. The van der Waals surface area contributed by atoms with Crippen LogP contribution in [-0.2, 0) is 23.8 Å². The topological polar surface area (TPSA) is 86.4 Å². The van der Waals surface area contributed by atoms with E-state index in [1.54, 1.807) is 49.4 Å². The normalized spacial score (nSPS) is 12.6. The number of halogens is 3. The highest BCUT2D eigenvalue weighted by molar-refractivity contribution is 6.04. The lowest BCUT2D eigenvalue weighted by atomic mass is 9.94. The van der Waals surface area contributed by atoms with Gasteiger partial charge in [0.2, 0.25) is 0 Å². The van der Waals surface area contributed by atoms with Crippen molar-refractivity contribution in [1.29, 1.82) is 0 Å². The molecule has 7 nitrogen and oxygen atoms in total. The molecular weight excluding hydrogens is 475 g/mol. The van der Waals surface area contributed by atoms with Crippen LogP contribution >= 0.6 is 0 Å². The molecule has 0 bridgehead atoms. The summed E-state index contributed by atoms with van der Waals surface area (Å²) in [5, 5.41) is 6.63. The summed E-state index contributed by atoms with van der Waals surface area (Å²) in [4.78, 5) is 24.5. The first kappa shape index (κ1) is 23.4. The van der Waals surface area contributed by atoms with E-state index in [0.717, 1.165) is 0 Å². The summed E-state index contributed by atoms with van der Waals surface area (Å²) in [5.74, 6) is -0.258. The number of fused-ring (bicyclic) bond motifs is 3. The standard InChI is InChI=1S/C26H20F3N3O4/c1-2-35-25(34)16-3-7-17(8-4-16)30-24(33)15-5-9-18(10-6-15)32-22-19-13-14-36-21(19)12-11-20(22)23(31-32)26(27,28)29/h3-10,13-14H,2,11-12H2,1H3,(H,30,33). The van der Waals surface area contributed by atoms with Gasteiger partial charge in [-0.15, -0.1) is 0 Å². The average molecular weight is 495 g/mol. The molecule has 0 atom stereocenters. The van der Waals surface area contributed by atoms with Crippen LogP contribution in [0.4, 0.5) is 18.9 Å². The molecule has 0 saturated carbocycles. The minimum absolute atomic E-state index is 0.129. The lowest BCUT2D eigenvalue weighted by molar-refractivity contribution is -0.142. The van der Waals surface area contributed by atoms with Gasteiger partial charge in [0.25, 0.3) is 5.91 Å². The summed E-state index contributed by atoms with van der Waals surface area (Å²) < 4.78 is 52.8. The zero-order chi connectivity index (χ0) is 25.4. The van der Waals surface area contributed by atoms with Crippen molar-refractivity contribution in [2.75, 3.05) is 11.9 Å². The summed E-state index contributed by atoms with van der Waals surface area (Å²) in [5.41, 5.74) is 1.65. The van der Waals surface area contributed by atoms with E-state index in [1.165, 1.54) is 23.1 Å². The van der Waals surface area contributed by atoms with Gasteiger partial charge in [0.1, 0.15) is 5.76 Å². The van der Waals surface area contributed by atoms with E-state index >= 15 is 0 Å². The van der Waals surface area contributed by atoms with E-state index < -0.39 is 23.7 Å². The number of esters is 1. The number of furan rings is 1. The van der Waals surface area contributed by atoms with Crippen LogP contribution in [0.2, 0.25) is 0 Å². The Morgan fingerprint density at radius 1 is 1.03 bits per heavy atom. The molecule has 1 aliphatic carbocycles. The van der Waals surface area contributed by atoms with Gasteiger partial charge in [-0.25, -0.2) is 9.48 Å². The first-order chi connectivity index (χ1) is 17.3. The Labute approximate surface area is 203 Å². The number of hydrogen-bond acceptors (Lipinski definition) is 5. The molecule has 0 saturated heterocycles. The smallest absolute Gasteiger partial charge is 0.435 e. The van der Waals surface area contributed by atoms with Gasteiger partial charge < -0.3 is 14.5 Å². The first-order valence-electron chi connectivity index (χ1n) is 11.2. The highest BCUT2D eigenvalue weighted by atomic mass is 19.4. The molecule has 5 rings (SSSR count). The molecule has 1 N–H and O–H groups in total. The molecule has 0 spiro atoms. The van der Waals surface area contributed by atoms with E-state index in [0.29, 0.717) is 45.9 Å². The number of aryl methyl sites for hydroxylation is 1. The molecule has 36 heavy (non-hydrogen) atoms. The molecule has 1 amide bonds. The summed E-state index contributed by atoms with van der Waals surface area (Å²) in [6.07, 6.45) is -2.61. The maximum atomic E-state index is 13.7. The fourth-order valence-electron chi connectivity index (χ4n) is 4.22. The van der Waals surface area contributed by atoms with Crippen LogP contribution in [0.25, 0.3) is 16.9 Å². The van der Waals surface area contributed by atoms with Gasteiger partial charge in [0, 0.05) is 28.8 Å². The number of aromatic nitrogens is 2. The van der Waals surface area contributed by atoms with Crippen molar-refractivity contribution in [2.45, 2.75) is 25.9 Å². The Kier molecular flexibility index (Phi) is 5.87. The number of carbonyl (C=O) groups is 2. The Morgan fingerprint density at radius 3 is 2.39 bits per heavy atom. The number of rotatable bonds is 5. The average Bonchev–Trinajstić information content (AvgIpc) is 3.49. The van der Waals surface area contributed by atoms with Gasteiger partial charge in [-0.3, -0.25) is 4.79 Å². The Hall–Kier alpha value is -4.34. The fourth-order valence-corrected chi connectivity index (χ4v) is 4.22. The summed E-state index contributed by atoms with van der Waals surface area (Å²) >= 11 is 0. The highest BCUT2D eigenvalue weighted by Gasteiger charge is 2.41. The van der Waals surface area contributed by atoms with Crippen LogP contribution in [-0.4, -0.2) is 28.3 Å². The number of carbonyl (C=O) groups excluding carboxylic acids is 2. The lowest BCUT2D eigenvalue weighted by Gasteiger charge is -2.15. The van der Waals surface area contributed by atoms with Crippen molar-refractivity contribution in [1.82, 2.24) is 9.78 Å². The zero-order valence-corrected chi connectivity index (χ0v) is 19.1. The minimum Gasteiger partial charge on any atom is -0.469 e. The summed E-state index contributed by atoms with van der Waals surface area (Å²) in [6, 6.07) is 14.0. The second-order valence-corrected chi connectivity index (χ2v) is 8.14. The van der Waals surface area contributed by atoms with Gasteiger partial charge in [0.05, 0.1) is 29.8 Å². The number of anilines is 1. The van der Waals surface area contributed by atoms with Gasteiger partial charge in [0.15, 0.2) is 5.69 Å². The number of benzene rings is 2. The summed E-state index contributed by atoms with van der Waals surface area (Å²) in [6.45, 7) is 1.97. The SMILES string of the molecule is CCOC(=O)c1ccc(NC(=O)c2ccc(-n3nc(C(F)(F)F)c4c3-c3ccoc3CC4)cc2)cc1. The maximum Gasteiger partial charge on any atom is 0.435 e. The van der Waals surface area contributed by atoms with Gasteiger partial charge in [-0.1, -0.05) is 0 Å². The number of hydrogen-bond donors (Lipinski definition) is 1. The quantitative estimate of drug-likeness (QED) is 0.360. The molecule has 0 radical (unpaired) electrons. The fraction of sp³-hybridized carbons (Fsp3) is 0.192. The van der Waals surface area contributed by atoms with Crippen molar-refractivity contribution in [2.24, 2.45) is 0 Å². The summed E-state index contributed by atoms with van der Waals surface area (Å²) in [7, 11) is 0. The molecule has 2 aromatic heterocycles. The Morgan fingerprint density at radius 2 is 1.72 bits per heavy atom. The van der Waals surface area contributed by atoms with E-state index in [-0.39, 0.29) is 18.6 Å². The predicted molar refractivity (Wildman–Crippen MR) is 124 cm³/mol. The van der Waals surface area contributed by atoms with Crippen LogP contribution in [0, 0.1) is 0 Å². The molecule has 0 aliphatic heterocycles. The molecule has 2 aromatic carbocycles. The van der Waals surface area contributed by atoms with Crippen molar-refractivity contribution < 1.29 is 31.9 Å². The molecule has 184 valence electrons. The van der Waals surface area contributed by atoms with Crippen LogP contribution in [0.1, 0.15) is 44.7 Å². The zero-order valence-electron chi connectivity index (χ0n) is 19.1. The largest absolute Gasteiger partial charge is 0.469 e. The van der Waals surface area contributed by atoms with Gasteiger partial charge in [-0.2, -0.15) is 18.3 Å². The van der Waals surface area contributed by atoms with Crippen LogP contribution in [0.5, 0.6) is 0 Å². The number of alkyl halides is 3. The lowest BCUT2D eigenvalue weighted by Crippen LogP contribution is -2.12. The Balaban J connectivity index is 1.40. The van der Waals surface area contributed by atoms with Gasteiger partial charge in [-0.05, 0) is 67.9 Å². The second kappa shape index (κ2) is 9.03. The van der Waals surface area contributed by atoms with Crippen LogP contribution in [0.15, 0.2) is 65.3 Å². The second-order valence-electron chi connectivity index (χ2n) is 8.14. The molecular formula is C26H20F3N3O4. The molecule has 10 heteroatoms. The van der Waals surface area contributed by atoms with Crippen LogP contribution < -0.4 is 5.32 Å². The Bertz CT molecular complexity index is 1430. The number of nitrogens with one attached hydrogen (secondary N) is 1. The van der Waals surface area contributed by atoms with E-state index in [4.69, 9.17) is 9.15 Å². The first-order valence-corrected chi connectivity index (χ1v) is 11.2. The van der Waals surface area contributed by atoms with E-state index in [1.807, 2.05) is 0 Å². The number of nitrogens with zero attached hydrogens (tertiary/aromatic N) is 2. The van der Waals surface area contributed by atoms with Crippen molar-refractivity contribution >= 4 is 17.6 Å². The number of amides is 1. The van der Waals surface area contributed by atoms with Crippen molar-refractivity contribution in [3.05, 3.63) is 89.0 Å². The molecule has 4 aromatic rings. The van der Waals surface area contributed by atoms with Gasteiger partial charge >= 0.3 is 12.1 Å². The van der Waals surface area contributed by atoms with E-state index in [2.05, 4.69) is 10.4 Å². The maximum absolute atomic E-state index is 13.7. The van der Waals surface area contributed by atoms with Crippen molar-refractivity contribution in [3.63, 3.8) is 0 Å². The highest BCUT2D eigenvalue weighted by Crippen LogP contribution is 2.42. The van der Waals surface area contributed by atoms with Crippen molar-refractivity contribution in [3.8, 4) is 16.9 Å². The predicted octanol–water partition coefficient (Wildman–Crippen LogP) is 5.68.